The number of halogens is 15. The molecule has 0 bridgehead atoms. The van der Waals surface area contributed by atoms with Crippen LogP contribution in [0.5, 0.6) is 0 Å². The van der Waals surface area contributed by atoms with Crippen molar-refractivity contribution in [2.24, 2.45) is 0 Å². The number of nitrogens with zero attached hydrogens (tertiary/aromatic N) is 1. The summed E-state index contributed by atoms with van der Waals surface area (Å²) in [4.78, 5) is 5.08. The number of hydrogen-bond donors (Lipinski definition) is 0. The molecule has 0 fully saturated rings. The van der Waals surface area contributed by atoms with E-state index in [1.54, 1.807) is 0 Å². The minimum absolute atomic E-state index is 0.115. The summed E-state index contributed by atoms with van der Waals surface area (Å²) >= 11 is 9.54. The van der Waals surface area contributed by atoms with Gasteiger partial charge in [-0.05, 0) is 32.0 Å². The number of nitro benzene ring substituents is 1. The van der Waals surface area contributed by atoms with E-state index in [1.807, 2.05) is 0 Å². The average molecular weight is 1120 g/mol. The number of nitro groups is 1. The molecule has 0 radical (unpaired) electrons. The Kier molecular flexibility index (Phi) is 13.0. The topological polar surface area (TPSA) is 43.1 Å². The monoisotopic (exact) mass is 1120 g/mol. The molecule has 3 nitrogen and oxygen atoms in total. The van der Waals surface area contributed by atoms with Gasteiger partial charge in [-0.25, -0.2) is 0 Å². The van der Waals surface area contributed by atoms with Crippen molar-refractivity contribution in [2.75, 3.05) is 0 Å². The van der Waals surface area contributed by atoms with Gasteiger partial charge in [-0.3, -0.25) is 10.1 Å². The van der Waals surface area contributed by atoms with E-state index in [1.165, 1.54) is 6.92 Å². The zero-order chi connectivity index (χ0) is 27.9. The van der Waals surface area contributed by atoms with E-state index in [4.69, 9.17) is 0 Å². The van der Waals surface area contributed by atoms with Crippen LogP contribution in [0.2, 0.25) is 0 Å². The molecule has 20 heteroatoms. The van der Waals surface area contributed by atoms with Crippen LogP contribution in [0.3, 0.4) is 0 Å². The van der Waals surface area contributed by atoms with Crippen LogP contribution in [-0.4, -0.2) is 4.92 Å². The maximum absolute atomic E-state index is 12.3. The van der Waals surface area contributed by atoms with Gasteiger partial charge < -0.3 is 0 Å². The van der Waals surface area contributed by atoms with Crippen LogP contribution in [0, 0.1) is 24.0 Å². The summed E-state index contributed by atoms with van der Waals surface area (Å²) in [5.74, 6) is 0. The van der Waals surface area contributed by atoms with Crippen molar-refractivity contribution in [3.8, 4) is 0 Å². The van der Waals surface area contributed by atoms with Crippen LogP contribution >= 0.6 is 94.9 Å². The molecule has 0 atom stereocenters. The van der Waals surface area contributed by atoms with Crippen LogP contribution in [-0.2, 0) is 0 Å². The van der Waals surface area contributed by atoms with E-state index in [2.05, 4.69) is 74.5 Å². The molecule has 0 aliphatic heterocycles. The van der Waals surface area contributed by atoms with Gasteiger partial charge in [0.15, 0.2) is 0 Å². The fourth-order valence-electron chi connectivity index (χ4n) is 1.82. The van der Waals surface area contributed by atoms with Gasteiger partial charge in [-0.1, -0.05) is 62.6 Å². The predicted molar refractivity (Wildman–Crippen MR) is 148 cm³/mol. The zero-order valence-corrected chi connectivity index (χ0v) is 28.7. The van der Waals surface area contributed by atoms with E-state index in [0.717, 1.165) is 19.1 Å². The molecule has 0 aromatic heterocycles. The third-order valence-electron chi connectivity index (χ3n) is 3.29. The normalized spacial score (nSPS) is 15.3. The molecule has 0 aliphatic rings. The Bertz CT molecular complexity index is 992. The Labute approximate surface area is 241 Å². The molecule has 0 aliphatic carbocycles. The molecule has 204 valence electrons. The van der Waals surface area contributed by atoms with E-state index in [0.29, 0.717) is 37.0 Å². The van der Waals surface area contributed by atoms with Crippen LogP contribution < -0.4 is 13.3 Å². The van der Waals surface area contributed by atoms with Crippen molar-refractivity contribution in [1.29, 1.82) is 0 Å². The zero-order valence-electron chi connectivity index (χ0n) is 16.3. The van der Waals surface area contributed by atoms with E-state index in [-0.39, 0.29) is 17.7 Å². The van der Waals surface area contributed by atoms with Gasteiger partial charge in [0, 0.05) is 48.9 Å². The molecule has 34 heavy (non-hydrogen) atoms. The van der Waals surface area contributed by atoms with E-state index >= 15 is 0 Å². The minimum atomic E-state index is -9.84. The van der Waals surface area contributed by atoms with Gasteiger partial charge in [-0.15, -0.1) is 0 Å². The Hall–Kier alpha value is 1.49. The molecular formula is C14H13F10I5NO2S2-. The van der Waals surface area contributed by atoms with Crippen molar-refractivity contribution < 1.29 is 57.0 Å². The van der Waals surface area contributed by atoms with Gasteiger partial charge in [0.05, 0.1) is 4.92 Å². The summed E-state index contributed by atoms with van der Waals surface area (Å²) in [5.41, 5.74) is -0.591. The standard InChI is InChI=1S/C7H6F5NO2S.C7H7F5S.I3.I2/c1-5-2-3-6(4-7(5)13(14)15)16(8,9,10,11)12;1-6-2-4-7(5-3-6)13(8,9,10,11)12;1-3-2;1-2/h2-4H,1H3;2-5H,1H3;;/q;;-1;. The number of aryl methyl sites for hydroxylation is 2. The summed E-state index contributed by atoms with van der Waals surface area (Å²) < 4.78 is 122. The van der Waals surface area contributed by atoms with Crippen LogP contribution in [0.25, 0.3) is 0 Å². The first-order chi connectivity index (χ1) is 14.7. The molecule has 0 spiro atoms. The molecular weight excluding hydrogens is 1100 g/mol. The summed E-state index contributed by atoms with van der Waals surface area (Å²) in [6, 6.07) is 3.46. The fourth-order valence-corrected chi connectivity index (χ4v) is 3.13. The van der Waals surface area contributed by atoms with Crippen LogP contribution in [0.4, 0.5) is 44.5 Å². The summed E-state index contributed by atoms with van der Waals surface area (Å²) in [5, 5.41) is 10.3. The summed E-state index contributed by atoms with van der Waals surface area (Å²) in [6.07, 6.45) is 0. The van der Waals surface area contributed by atoms with E-state index < -0.39 is 40.8 Å². The van der Waals surface area contributed by atoms with E-state index in [9.17, 15) is 49.0 Å². The van der Waals surface area contributed by atoms with Gasteiger partial charge >= 0.3 is 70.9 Å². The molecule has 0 amide bonds. The fraction of sp³-hybridized carbons (Fsp3) is 0.143. The Morgan fingerprint density at radius 2 is 1.06 bits per heavy atom. The molecule has 0 saturated carbocycles. The maximum atomic E-state index is 12.3. The molecule has 2 aromatic rings. The van der Waals surface area contributed by atoms with Crippen molar-refractivity contribution in [1.82, 2.24) is 0 Å². The third kappa shape index (κ3) is 15.0. The number of hydrogen-bond acceptors (Lipinski definition) is 2. The van der Waals surface area contributed by atoms with Crippen LogP contribution in [0.15, 0.2) is 52.3 Å². The second-order valence-electron chi connectivity index (χ2n) is 6.01. The second-order valence-corrected chi connectivity index (χ2v) is 27.1. The first-order valence-corrected chi connectivity index (χ1v) is 30.3. The molecule has 0 heterocycles. The number of benzene rings is 2. The van der Waals surface area contributed by atoms with Gasteiger partial charge in [0.1, 0.15) is 9.79 Å². The Morgan fingerprint density at radius 1 is 0.735 bits per heavy atom. The molecule has 0 N–H and O–H groups in total. The number of rotatable bonds is 3. The summed E-state index contributed by atoms with van der Waals surface area (Å²) in [6.45, 7) is 2.68. The molecule has 2 aromatic carbocycles. The summed E-state index contributed by atoms with van der Waals surface area (Å²) in [7, 11) is -19.3. The second kappa shape index (κ2) is 11.7. The van der Waals surface area contributed by atoms with Crippen molar-refractivity contribution in [3.63, 3.8) is 0 Å². The van der Waals surface area contributed by atoms with Crippen molar-refractivity contribution >= 4 is 101 Å². The third-order valence-corrected chi connectivity index (χ3v) is 5.60. The first-order valence-electron chi connectivity index (χ1n) is 7.53. The molecule has 0 saturated heterocycles. The van der Waals surface area contributed by atoms with Gasteiger partial charge in [0.25, 0.3) is 5.69 Å². The SMILES string of the molecule is Cc1ccc(S(F)(F)(F)(F)F)cc1.Cc1ccc(S(F)(F)(F)(F)F)cc1[N+](=O)[O-].II.I[I-]I. The first kappa shape index (κ1) is 37.6. The Morgan fingerprint density at radius 3 is 1.35 bits per heavy atom. The predicted octanol–water partition coefficient (Wildman–Crippen LogP) is 9.76. The molecule has 0 unspecified atom stereocenters. The average Bonchev–Trinajstić information content (AvgIpc) is 2.61. The van der Waals surface area contributed by atoms with Crippen molar-refractivity contribution in [3.05, 3.63) is 63.7 Å². The Balaban J connectivity index is 0. The van der Waals surface area contributed by atoms with Crippen LogP contribution in [0.1, 0.15) is 11.1 Å². The van der Waals surface area contributed by atoms with Gasteiger partial charge in [0.2, 0.25) is 0 Å². The quantitative estimate of drug-likeness (QED) is 0.133. The van der Waals surface area contributed by atoms with Gasteiger partial charge in [-0.2, -0.15) is 0 Å². The molecule has 2 rings (SSSR count). The van der Waals surface area contributed by atoms with Crippen molar-refractivity contribution in [2.45, 2.75) is 23.6 Å².